The van der Waals surface area contributed by atoms with E-state index in [1.165, 1.54) is 16.7 Å². The molecule has 1 aromatic rings. The van der Waals surface area contributed by atoms with Crippen molar-refractivity contribution in [3.63, 3.8) is 0 Å². The lowest BCUT2D eigenvalue weighted by Crippen LogP contribution is -2.08. The van der Waals surface area contributed by atoms with Gasteiger partial charge in [0.05, 0.1) is 6.61 Å². The predicted octanol–water partition coefficient (Wildman–Crippen LogP) is 3.24. The molecule has 0 radical (unpaired) electrons. The molecule has 0 aromatic heterocycles. The molecule has 0 aliphatic rings. The van der Waals surface area contributed by atoms with Crippen molar-refractivity contribution in [2.24, 2.45) is 0 Å². The minimum atomic E-state index is 0.498. The number of benzene rings is 1. The topological polar surface area (TPSA) is 21.3 Å². The first-order valence-corrected chi connectivity index (χ1v) is 6.01. The van der Waals surface area contributed by atoms with Gasteiger partial charge >= 0.3 is 0 Å². The van der Waals surface area contributed by atoms with Crippen molar-refractivity contribution in [2.45, 2.75) is 40.2 Å². The fourth-order valence-corrected chi connectivity index (χ4v) is 1.86. The van der Waals surface area contributed by atoms with E-state index < -0.39 is 0 Å². The lowest BCUT2D eigenvalue weighted by atomic mass is 9.96. The number of hydrogen-bond acceptors (Lipinski definition) is 2. The van der Waals surface area contributed by atoms with Crippen molar-refractivity contribution in [3.8, 4) is 5.75 Å². The van der Waals surface area contributed by atoms with Gasteiger partial charge in [-0.05, 0) is 49.6 Å². The van der Waals surface area contributed by atoms with Crippen LogP contribution in [0, 0.1) is 6.92 Å². The van der Waals surface area contributed by atoms with E-state index >= 15 is 0 Å². The van der Waals surface area contributed by atoms with Gasteiger partial charge in [-0.3, -0.25) is 0 Å². The number of rotatable bonds is 5. The normalized spacial score (nSPS) is 10.9. The van der Waals surface area contributed by atoms with Crippen LogP contribution in [0.4, 0.5) is 0 Å². The summed E-state index contributed by atoms with van der Waals surface area (Å²) in [5.74, 6) is 1.53. The lowest BCUT2D eigenvalue weighted by molar-refractivity contribution is 0.335. The Balaban J connectivity index is 3.14. The van der Waals surface area contributed by atoms with E-state index in [1.54, 1.807) is 0 Å². The Morgan fingerprint density at radius 2 is 2.00 bits per heavy atom. The molecule has 1 N–H and O–H groups in total. The zero-order chi connectivity index (χ0) is 12.1. The van der Waals surface area contributed by atoms with Gasteiger partial charge in [-0.2, -0.15) is 0 Å². The maximum absolute atomic E-state index is 5.69. The number of ether oxygens (including phenoxy) is 1. The molecular weight excluding hydrogens is 198 g/mol. The van der Waals surface area contributed by atoms with Gasteiger partial charge in [-0.1, -0.05) is 19.9 Å². The molecule has 0 fully saturated rings. The number of hydrogen-bond donors (Lipinski definition) is 1. The molecule has 0 amide bonds. The van der Waals surface area contributed by atoms with Gasteiger partial charge < -0.3 is 10.1 Å². The Hall–Kier alpha value is -1.02. The molecule has 16 heavy (non-hydrogen) atoms. The number of nitrogens with one attached hydrogen (secondary N) is 1. The second kappa shape index (κ2) is 5.90. The van der Waals surface area contributed by atoms with Crippen LogP contribution in [0.3, 0.4) is 0 Å². The highest BCUT2D eigenvalue weighted by Gasteiger charge is 2.11. The molecule has 90 valence electrons. The highest BCUT2D eigenvalue weighted by Crippen LogP contribution is 2.29. The van der Waals surface area contributed by atoms with Crippen molar-refractivity contribution in [3.05, 3.63) is 28.8 Å². The third-order valence-electron chi connectivity index (χ3n) is 2.76. The second-order valence-electron chi connectivity index (χ2n) is 4.43. The molecule has 0 aliphatic carbocycles. The smallest absolute Gasteiger partial charge is 0.123 e. The summed E-state index contributed by atoms with van der Waals surface area (Å²) in [6.45, 7) is 10.2. The van der Waals surface area contributed by atoms with Crippen LogP contribution >= 0.6 is 0 Å². The molecular formula is C14H23NO. The zero-order valence-corrected chi connectivity index (χ0v) is 11.1. The fraction of sp³-hybridized carbons (Fsp3) is 0.571. The molecule has 0 saturated heterocycles. The van der Waals surface area contributed by atoms with Crippen LogP contribution < -0.4 is 10.1 Å². The highest BCUT2D eigenvalue weighted by molar-refractivity contribution is 5.43. The molecule has 0 aliphatic heterocycles. The molecule has 0 spiro atoms. The summed E-state index contributed by atoms with van der Waals surface area (Å²) in [7, 11) is 1.98. The van der Waals surface area contributed by atoms with Crippen LogP contribution in [0.25, 0.3) is 0 Å². The van der Waals surface area contributed by atoms with Crippen LogP contribution in [-0.4, -0.2) is 13.7 Å². The van der Waals surface area contributed by atoms with Gasteiger partial charge in [-0.25, -0.2) is 0 Å². The Kier molecular flexibility index (Phi) is 4.81. The largest absolute Gasteiger partial charge is 0.494 e. The van der Waals surface area contributed by atoms with Gasteiger partial charge in [0.2, 0.25) is 0 Å². The molecule has 0 saturated carbocycles. The monoisotopic (exact) mass is 221 g/mol. The van der Waals surface area contributed by atoms with Gasteiger partial charge in [0, 0.05) is 6.54 Å². The maximum Gasteiger partial charge on any atom is 0.123 e. The van der Waals surface area contributed by atoms with Crippen molar-refractivity contribution in [1.82, 2.24) is 5.32 Å². The van der Waals surface area contributed by atoms with Crippen LogP contribution in [0.5, 0.6) is 5.75 Å². The molecule has 1 aromatic carbocycles. The van der Waals surface area contributed by atoms with E-state index in [1.807, 2.05) is 14.0 Å². The van der Waals surface area contributed by atoms with Crippen LogP contribution in [0.1, 0.15) is 43.4 Å². The van der Waals surface area contributed by atoms with Crippen LogP contribution in [0.2, 0.25) is 0 Å². The first kappa shape index (κ1) is 13.0. The molecule has 2 heteroatoms. The average Bonchev–Trinajstić information content (AvgIpc) is 2.22. The summed E-state index contributed by atoms with van der Waals surface area (Å²) in [4.78, 5) is 0. The summed E-state index contributed by atoms with van der Waals surface area (Å²) in [5.41, 5.74) is 3.95. The first-order chi connectivity index (χ1) is 7.60. The molecule has 1 rings (SSSR count). The summed E-state index contributed by atoms with van der Waals surface area (Å²) in [5, 5.41) is 3.20. The third kappa shape index (κ3) is 2.99. The van der Waals surface area contributed by atoms with Gasteiger partial charge in [-0.15, -0.1) is 0 Å². The Bertz CT molecular complexity index is 345. The Labute approximate surface area is 99.0 Å². The Morgan fingerprint density at radius 1 is 1.31 bits per heavy atom. The standard InChI is InChI=1S/C14H23NO/c1-6-16-14-7-11(4)12(9-15-5)8-13(14)10(2)3/h7-8,10,15H,6,9H2,1-5H3. The maximum atomic E-state index is 5.69. The summed E-state index contributed by atoms with van der Waals surface area (Å²) in [6, 6.07) is 4.42. The van der Waals surface area contributed by atoms with Crippen molar-refractivity contribution >= 4 is 0 Å². The predicted molar refractivity (Wildman–Crippen MR) is 69.2 cm³/mol. The fourth-order valence-electron chi connectivity index (χ4n) is 1.86. The molecule has 0 unspecified atom stereocenters. The van der Waals surface area contributed by atoms with Crippen molar-refractivity contribution in [1.29, 1.82) is 0 Å². The van der Waals surface area contributed by atoms with Gasteiger partial charge in [0.15, 0.2) is 0 Å². The van der Waals surface area contributed by atoms with Gasteiger partial charge in [0.25, 0.3) is 0 Å². The minimum Gasteiger partial charge on any atom is -0.494 e. The van der Waals surface area contributed by atoms with Gasteiger partial charge in [0.1, 0.15) is 5.75 Å². The minimum absolute atomic E-state index is 0.498. The molecule has 2 nitrogen and oxygen atoms in total. The third-order valence-corrected chi connectivity index (χ3v) is 2.76. The first-order valence-electron chi connectivity index (χ1n) is 6.01. The average molecular weight is 221 g/mol. The number of aryl methyl sites for hydroxylation is 1. The summed E-state index contributed by atoms with van der Waals surface area (Å²) < 4.78 is 5.69. The quantitative estimate of drug-likeness (QED) is 0.824. The zero-order valence-electron chi connectivity index (χ0n) is 11.1. The highest BCUT2D eigenvalue weighted by atomic mass is 16.5. The van der Waals surface area contributed by atoms with Crippen LogP contribution in [0.15, 0.2) is 12.1 Å². The summed E-state index contributed by atoms with van der Waals surface area (Å²) in [6.07, 6.45) is 0. The summed E-state index contributed by atoms with van der Waals surface area (Å²) >= 11 is 0. The Morgan fingerprint density at radius 3 is 2.50 bits per heavy atom. The van der Waals surface area contributed by atoms with E-state index in [4.69, 9.17) is 4.74 Å². The van der Waals surface area contributed by atoms with Crippen molar-refractivity contribution in [2.75, 3.05) is 13.7 Å². The molecule has 0 atom stereocenters. The molecule has 0 bridgehead atoms. The van der Waals surface area contributed by atoms with E-state index in [9.17, 15) is 0 Å². The SMILES string of the molecule is CCOc1cc(C)c(CNC)cc1C(C)C. The van der Waals surface area contributed by atoms with E-state index in [0.717, 1.165) is 18.9 Å². The van der Waals surface area contributed by atoms with Crippen molar-refractivity contribution < 1.29 is 4.74 Å². The van der Waals surface area contributed by atoms with E-state index in [2.05, 4.69) is 38.2 Å². The lowest BCUT2D eigenvalue weighted by Gasteiger charge is -2.17. The van der Waals surface area contributed by atoms with Crippen LogP contribution in [-0.2, 0) is 6.54 Å². The molecule has 0 heterocycles. The van der Waals surface area contributed by atoms with E-state index in [-0.39, 0.29) is 0 Å². The van der Waals surface area contributed by atoms with E-state index in [0.29, 0.717) is 5.92 Å². The second-order valence-corrected chi connectivity index (χ2v) is 4.43.